The van der Waals surface area contributed by atoms with Gasteiger partial charge >= 0.3 is 0 Å². The molecule has 0 saturated heterocycles. The van der Waals surface area contributed by atoms with Gasteiger partial charge in [-0.2, -0.15) is 5.10 Å². The number of carbonyl (C=O) groups excluding carboxylic acids is 1. The molecule has 178 valence electrons. The summed E-state index contributed by atoms with van der Waals surface area (Å²) in [6.07, 6.45) is 0.243. The lowest BCUT2D eigenvalue weighted by Crippen LogP contribution is -2.25. The number of nitrogens with zero attached hydrogens (tertiary/aromatic N) is 2. The Balaban J connectivity index is 1.77. The lowest BCUT2D eigenvalue weighted by molar-refractivity contribution is -0.116. The van der Waals surface area contributed by atoms with Crippen LogP contribution in [0.25, 0.3) is 16.9 Å². The van der Waals surface area contributed by atoms with E-state index in [0.29, 0.717) is 28.1 Å². The van der Waals surface area contributed by atoms with E-state index in [4.69, 9.17) is 30.9 Å². The van der Waals surface area contributed by atoms with Crippen molar-refractivity contribution in [1.29, 1.82) is 0 Å². The topological polar surface area (TPSA) is 74.6 Å². The Morgan fingerprint density at radius 2 is 1.60 bits per heavy atom. The van der Waals surface area contributed by atoms with Crippen molar-refractivity contribution < 1.29 is 19.0 Å². The van der Waals surface area contributed by atoms with Gasteiger partial charge in [0.1, 0.15) is 5.82 Å². The van der Waals surface area contributed by atoms with Crippen LogP contribution in [0.3, 0.4) is 0 Å². The molecule has 1 N–H and O–H groups in total. The molecule has 1 amide bonds. The summed E-state index contributed by atoms with van der Waals surface area (Å²) < 4.78 is 18.5. The van der Waals surface area contributed by atoms with E-state index in [9.17, 15) is 4.79 Å². The monoisotopic (exact) mass is 489 g/mol. The molecule has 0 saturated carbocycles. The molecule has 0 aliphatic carbocycles. The summed E-state index contributed by atoms with van der Waals surface area (Å²) in [6.45, 7) is 0. The molecule has 3 aromatic carbocycles. The minimum Gasteiger partial charge on any atom is -0.493 e. The van der Waals surface area contributed by atoms with Crippen LogP contribution in [-0.4, -0.2) is 37.0 Å². The Morgan fingerprint density at radius 3 is 2.20 bits per heavy atom. The highest BCUT2D eigenvalue weighted by atomic mass is 35.5. The Hall–Kier alpha value is -3.97. The van der Waals surface area contributed by atoms with Crippen molar-refractivity contribution in [2.45, 2.75) is 12.3 Å². The predicted molar refractivity (Wildman–Crippen MR) is 135 cm³/mol. The number of fused-ring (bicyclic) bond motifs is 1. The molecule has 1 atom stereocenters. The summed E-state index contributed by atoms with van der Waals surface area (Å²) in [6, 6.07) is 21.0. The quantitative estimate of drug-likeness (QED) is 0.376. The molecule has 0 unspecified atom stereocenters. The van der Waals surface area contributed by atoms with Crippen LogP contribution in [0.15, 0.2) is 66.7 Å². The third kappa shape index (κ3) is 4.08. The average Bonchev–Trinajstić information content (AvgIpc) is 3.27. The van der Waals surface area contributed by atoms with Crippen molar-refractivity contribution >= 4 is 23.3 Å². The van der Waals surface area contributed by atoms with Crippen LogP contribution in [-0.2, 0) is 4.79 Å². The molecule has 5 rings (SSSR count). The lowest BCUT2D eigenvalue weighted by atomic mass is 9.84. The first-order valence-electron chi connectivity index (χ1n) is 11.1. The number of anilines is 1. The number of halogens is 1. The second-order valence-electron chi connectivity index (χ2n) is 8.13. The molecular formula is C27H24ClN3O4. The Morgan fingerprint density at radius 1 is 0.943 bits per heavy atom. The number of amides is 1. The van der Waals surface area contributed by atoms with E-state index in [1.54, 1.807) is 26.0 Å². The fraction of sp³-hybridized carbons (Fsp3) is 0.185. The van der Waals surface area contributed by atoms with E-state index >= 15 is 0 Å². The molecule has 1 aromatic heterocycles. The molecule has 8 heteroatoms. The molecular weight excluding hydrogens is 466 g/mol. The normalized spacial score (nSPS) is 14.7. The first kappa shape index (κ1) is 22.8. The number of methoxy groups -OCH3 is 3. The highest BCUT2D eigenvalue weighted by Crippen LogP contribution is 2.47. The first-order chi connectivity index (χ1) is 17.0. The van der Waals surface area contributed by atoms with E-state index in [1.807, 2.05) is 66.7 Å². The van der Waals surface area contributed by atoms with Crippen LogP contribution in [0.5, 0.6) is 17.2 Å². The molecule has 4 aromatic rings. The third-order valence-electron chi connectivity index (χ3n) is 6.13. The highest BCUT2D eigenvalue weighted by Gasteiger charge is 2.35. The summed E-state index contributed by atoms with van der Waals surface area (Å²) in [5.41, 5.74) is 4.27. The molecule has 0 fully saturated rings. The summed E-state index contributed by atoms with van der Waals surface area (Å²) >= 11 is 6.16. The van der Waals surface area contributed by atoms with Crippen LogP contribution in [0.1, 0.15) is 23.5 Å². The molecule has 7 nitrogen and oxygen atoms in total. The summed E-state index contributed by atoms with van der Waals surface area (Å²) in [5.74, 6) is 1.79. The molecule has 2 heterocycles. The standard InChI is InChI=1S/C27H24ClN3O4/c1-33-21-13-17(14-22(34-2)26(21)35-3)20-15-23(32)29-27-24(20)25(16-9-11-18(28)12-10-16)30-31(27)19-7-5-4-6-8-19/h4-14,20H,15H2,1-3H3,(H,29,32)/t20-/m0/s1. The SMILES string of the molecule is COc1cc([C@@H]2CC(=O)Nc3c2c(-c2ccc(Cl)cc2)nn3-c2ccccc2)cc(OC)c1OC. The summed E-state index contributed by atoms with van der Waals surface area (Å²) in [4.78, 5) is 13.0. The van der Waals surface area contributed by atoms with Crippen molar-refractivity contribution in [2.24, 2.45) is 0 Å². The number of hydrogen-bond acceptors (Lipinski definition) is 5. The minimum absolute atomic E-state index is 0.101. The number of carbonyl (C=O) groups is 1. The van der Waals surface area contributed by atoms with Crippen LogP contribution < -0.4 is 19.5 Å². The molecule has 0 spiro atoms. The van der Waals surface area contributed by atoms with Gasteiger partial charge < -0.3 is 19.5 Å². The third-order valence-corrected chi connectivity index (χ3v) is 6.38. The van der Waals surface area contributed by atoms with Gasteiger partial charge in [0.15, 0.2) is 11.5 Å². The average molecular weight is 490 g/mol. The molecule has 1 aliphatic rings. The number of para-hydroxylation sites is 1. The zero-order valence-electron chi connectivity index (χ0n) is 19.5. The fourth-order valence-corrected chi connectivity index (χ4v) is 4.64. The Bertz CT molecular complexity index is 1360. The van der Waals surface area contributed by atoms with Crippen molar-refractivity contribution in [3.63, 3.8) is 0 Å². The number of ether oxygens (including phenoxy) is 3. The van der Waals surface area contributed by atoms with Gasteiger partial charge in [0.05, 0.1) is 32.7 Å². The van der Waals surface area contributed by atoms with Gasteiger partial charge in [0.25, 0.3) is 0 Å². The number of hydrogen-bond donors (Lipinski definition) is 1. The summed E-state index contributed by atoms with van der Waals surface area (Å²) in [5, 5.41) is 8.66. The van der Waals surface area contributed by atoms with E-state index in [2.05, 4.69) is 5.32 Å². The number of benzene rings is 3. The summed E-state index contributed by atoms with van der Waals surface area (Å²) in [7, 11) is 4.72. The smallest absolute Gasteiger partial charge is 0.226 e. The molecule has 35 heavy (non-hydrogen) atoms. The largest absolute Gasteiger partial charge is 0.493 e. The number of aromatic nitrogens is 2. The Kier molecular flexibility index (Phi) is 6.09. The van der Waals surface area contributed by atoms with Crippen molar-refractivity contribution in [3.05, 3.63) is 82.9 Å². The van der Waals surface area contributed by atoms with E-state index < -0.39 is 0 Å². The maximum Gasteiger partial charge on any atom is 0.226 e. The minimum atomic E-state index is -0.296. The van der Waals surface area contributed by atoms with Crippen molar-refractivity contribution in [1.82, 2.24) is 9.78 Å². The second kappa shape index (κ2) is 9.35. The molecule has 1 aliphatic heterocycles. The van der Waals surface area contributed by atoms with Gasteiger partial charge in [-0.3, -0.25) is 4.79 Å². The number of nitrogens with one attached hydrogen (secondary N) is 1. The lowest BCUT2D eigenvalue weighted by Gasteiger charge is -2.26. The van der Waals surface area contributed by atoms with Gasteiger partial charge in [-0.1, -0.05) is 41.9 Å². The maximum absolute atomic E-state index is 13.0. The van der Waals surface area contributed by atoms with Gasteiger partial charge in [-0.15, -0.1) is 0 Å². The van der Waals surface area contributed by atoms with Crippen LogP contribution in [0.2, 0.25) is 5.02 Å². The van der Waals surface area contributed by atoms with Crippen molar-refractivity contribution in [2.75, 3.05) is 26.6 Å². The van der Waals surface area contributed by atoms with E-state index in [1.165, 1.54) is 0 Å². The van der Waals surface area contributed by atoms with E-state index in [0.717, 1.165) is 28.1 Å². The van der Waals surface area contributed by atoms with Crippen molar-refractivity contribution in [3.8, 4) is 34.2 Å². The van der Waals surface area contributed by atoms with Gasteiger partial charge in [0, 0.05) is 28.5 Å². The van der Waals surface area contributed by atoms with Crippen LogP contribution >= 0.6 is 11.6 Å². The van der Waals surface area contributed by atoms with Gasteiger partial charge in [0.2, 0.25) is 11.7 Å². The van der Waals surface area contributed by atoms with E-state index in [-0.39, 0.29) is 18.2 Å². The predicted octanol–water partition coefficient (Wildman–Crippen LogP) is 5.69. The zero-order chi connectivity index (χ0) is 24.5. The van der Waals surface area contributed by atoms with Gasteiger partial charge in [-0.05, 0) is 42.0 Å². The second-order valence-corrected chi connectivity index (χ2v) is 8.57. The molecule has 0 bridgehead atoms. The highest BCUT2D eigenvalue weighted by molar-refractivity contribution is 6.30. The number of rotatable bonds is 6. The maximum atomic E-state index is 13.0. The Labute approximate surface area is 208 Å². The molecule has 0 radical (unpaired) electrons. The zero-order valence-corrected chi connectivity index (χ0v) is 20.3. The van der Waals surface area contributed by atoms with Crippen LogP contribution in [0, 0.1) is 0 Å². The van der Waals surface area contributed by atoms with Crippen LogP contribution in [0.4, 0.5) is 5.82 Å². The first-order valence-corrected chi connectivity index (χ1v) is 11.5. The fourth-order valence-electron chi connectivity index (χ4n) is 4.52. The van der Waals surface area contributed by atoms with Gasteiger partial charge in [-0.25, -0.2) is 4.68 Å².